The van der Waals surface area contributed by atoms with E-state index in [2.05, 4.69) is 5.32 Å². The topological polar surface area (TPSA) is 110 Å². The first-order valence-electron chi connectivity index (χ1n) is 5.39. The van der Waals surface area contributed by atoms with Crippen molar-refractivity contribution in [3.05, 3.63) is 27.1 Å². The average molecular weight is 286 g/mol. The molecule has 1 amide bonds. The number of nitrogens with zero attached hydrogens (tertiary/aromatic N) is 1. The minimum Gasteiger partial charge on any atom is -0.480 e. The summed E-state index contributed by atoms with van der Waals surface area (Å²) in [6.45, 7) is 5.05. The third-order valence-electron chi connectivity index (χ3n) is 2.42. The summed E-state index contributed by atoms with van der Waals surface area (Å²) in [5, 5.41) is 23.1. The van der Waals surface area contributed by atoms with E-state index in [1.807, 2.05) is 0 Å². The van der Waals surface area contributed by atoms with Gasteiger partial charge in [0.05, 0.1) is 10.5 Å². The maximum Gasteiger partial charge on any atom is 0.326 e. The third kappa shape index (κ3) is 3.75. The second-order valence-corrected chi connectivity index (χ2v) is 5.93. The summed E-state index contributed by atoms with van der Waals surface area (Å²) in [6, 6.07) is 0.0561. The van der Waals surface area contributed by atoms with E-state index in [0.29, 0.717) is 0 Å². The van der Waals surface area contributed by atoms with Gasteiger partial charge in [0.1, 0.15) is 6.04 Å². The Balaban J connectivity index is 2.88. The summed E-state index contributed by atoms with van der Waals surface area (Å²) < 4.78 is 0. The van der Waals surface area contributed by atoms with E-state index in [1.165, 1.54) is 5.38 Å². The van der Waals surface area contributed by atoms with Crippen molar-refractivity contribution in [1.82, 2.24) is 5.32 Å². The van der Waals surface area contributed by atoms with Crippen molar-refractivity contribution >= 4 is 28.2 Å². The second kappa shape index (κ2) is 5.35. The molecule has 8 heteroatoms. The first-order valence-corrected chi connectivity index (χ1v) is 6.27. The number of amides is 1. The molecular weight excluding hydrogens is 272 g/mol. The average Bonchev–Trinajstić information content (AvgIpc) is 2.72. The van der Waals surface area contributed by atoms with E-state index < -0.39 is 28.3 Å². The van der Waals surface area contributed by atoms with Crippen molar-refractivity contribution in [2.75, 3.05) is 0 Å². The highest BCUT2D eigenvalue weighted by Gasteiger charge is 2.33. The summed E-state index contributed by atoms with van der Waals surface area (Å²) in [5.74, 6) is -1.78. The summed E-state index contributed by atoms with van der Waals surface area (Å²) >= 11 is 0.822. The van der Waals surface area contributed by atoms with Crippen LogP contribution < -0.4 is 5.32 Å². The first-order chi connectivity index (χ1) is 8.62. The summed E-state index contributed by atoms with van der Waals surface area (Å²) in [6.07, 6.45) is 0. The molecule has 0 radical (unpaired) electrons. The summed E-state index contributed by atoms with van der Waals surface area (Å²) in [4.78, 5) is 32.9. The Kier molecular flexibility index (Phi) is 4.25. The van der Waals surface area contributed by atoms with Crippen LogP contribution in [0.25, 0.3) is 0 Å². The van der Waals surface area contributed by atoms with Crippen LogP contribution in [-0.2, 0) is 4.79 Å². The normalized spacial score (nSPS) is 12.8. The molecule has 0 fully saturated rings. The summed E-state index contributed by atoms with van der Waals surface area (Å²) in [7, 11) is 0. The molecule has 1 unspecified atom stereocenters. The number of nitro groups is 1. The number of nitrogens with one attached hydrogen (secondary N) is 1. The van der Waals surface area contributed by atoms with Gasteiger partial charge in [-0.05, 0) is 5.41 Å². The molecule has 0 saturated heterocycles. The van der Waals surface area contributed by atoms with Crippen molar-refractivity contribution in [3.8, 4) is 0 Å². The molecule has 7 nitrogen and oxygen atoms in total. The number of aliphatic carboxylic acids is 1. The number of hydrogen-bond donors (Lipinski definition) is 2. The van der Waals surface area contributed by atoms with Crippen molar-refractivity contribution < 1.29 is 19.6 Å². The zero-order chi connectivity index (χ0) is 14.8. The number of carbonyl (C=O) groups excluding carboxylic acids is 1. The van der Waals surface area contributed by atoms with Gasteiger partial charge in [-0.2, -0.15) is 0 Å². The van der Waals surface area contributed by atoms with Gasteiger partial charge in [0.25, 0.3) is 5.91 Å². The fraction of sp³-hybridized carbons (Fsp3) is 0.455. The highest BCUT2D eigenvalue weighted by molar-refractivity contribution is 7.13. The zero-order valence-electron chi connectivity index (χ0n) is 10.7. The van der Waals surface area contributed by atoms with Crippen LogP contribution in [0.5, 0.6) is 0 Å². The molecule has 1 atom stereocenters. The van der Waals surface area contributed by atoms with Crippen LogP contribution in [0.15, 0.2) is 11.4 Å². The molecule has 19 heavy (non-hydrogen) atoms. The van der Waals surface area contributed by atoms with Gasteiger partial charge in [-0.1, -0.05) is 32.1 Å². The van der Waals surface area contributed by atoms with Crippen LogP contribution in [0.2, 0.25) is 0 Å². The molecule has 1 aromatic rings. The van der Waals surface area contributed by atoms with E-state index in [1.54, 1.807) is 20.8 Å². The standard InChI is InChI=1S/C11H14N2O5S/c1-11(2,3)8(10(15)16)12-9(14)6-4-7(13(17)18)19-5-6/h4-5,8H,1-3H3,(H,12,14)(H,15,16). The molecule has 0 aliphatic rings. The number of carbonyl (C=O) groups is 2. The summed E-state index contributed by atoms with van der Waals surface area (Å²) in [5.41, 5.74) is -0.573. The fourth-order valence-electron chi connectivity index (χ4n) is 1.40. The van der Waals surface area contributed by atoms with Crippen LogP contribution in [0.3, 0.4) is 0 Å². The van der Waals surface area contributed by atoms with Gasteiger partial charge in [-0.15, -0.1) is 0 Å². The Labute approximate surface area is 113 Å². The van der Waals surface area contributed by atoms with Gasteiger partial charge in [-0.25, -0.2) is 4.79 Å². The third-order valence-corrected chi connectivity index (χ3v) is 3.30. The maximum atomic E-state index is 11.9. The van der Waals surface area contributed by atoms with Crippen molar-refractivity contribution in [1.29, 1.82) is 0 Å². The maximum absolute atomic E-state index is 11.9. The molecule has 2 N–H and O–H groups in total. The minimum absolute atomic E-state index is 0.0900. The van der Waals surface area contributed by atoms with E-state index in [9.17, 15) is 19.7 Å². The van der Waals surface area contributed by atoms with Crippen LogP contribution in [0.4, 0.5) is 5.00 Å². The Hall–Kier alpha value is -1.96. The lowest BCUT2D eigenvalue weighted by molar-refractivity contribution is -0.380. The number of carboxylic acid groups (broad SMARTS) is 1. The van der Waals surface area contributed by atoms with E-state index in [0.717, 1.165) is 17.4 Å². The Morgan fingerprint density at radius 3 is 2.42 bits per heavy atom. The molecule has 0 aliphatic heterocycles. The van der Waals surface area contributed by atoms with Crippen LogP contribution in [0, 0.1) is 15.5 Å². The highest BCUT2D eigenvalue weighted by atomic mass is 32.1. The predicted octanol–water partition coefficient (Wildman–Crippen LogP) is 1.89. The second-order valence-electron chi connectivity index (χ2n) is 5.04. The lowest BCUT2D eigenvalue weighted by Gasteiger charge is -2.27. The van der Waals surface area contributed by atoms with Crippen LogP contribution in [-0.4, -0.2) is 27.9 Å². The molecule has 0 aromatic carbocycles. The number of carboxylic acids is 1. The predicted molar refractivity (Wildman–Crippen MR) is 69.3 cm³/mol. The molecule has 1 aromatic heterocycles. The molecule has 0 spiro atoms. The van der Waals surface area contributed by atoms with Gasteiger partial charge in [0.15, 0.2) is 0 Å². The fourth-order valence-corrected chi connectivity index (χ4v) is 2.11. The Bertz CT molecular complexity index is 517. The lowest BCUT2D eigenvalue weighted by Crippen LogP contribution is -2.49. The molecule has 0 saturated carbocycles. The smallest absolute Gasteiger partial charge is 0.326 e. The molecule has 0 bridgehead atoms. The monoisotopic (exact) mass is 286 g/mol. The van der Waals surface area contributed by atoms with Crippen molar-refractivity contribution in [2.45, 2.75) is 26.8 Å². The zero-order valence-corrected chi connectivity index (χ0v) is 11.5. The van der Waals surface area contributed by atoms with Crippen molar-refractivity contribution in [3.63, 3.8) is 0 Å². The number of rotatable bonds is 4. The largest absolute Gasteiger partial charge is 0.480 e. The van der Waals surface area contributed by atoms with Crippen molar-refractivity contribution in [2.24, 2.45) is 5.41 Å². The Morgan fingerprint density at radius 1 is 1.47 bits per heavy atom. The highest BCUT2D eigenvalue weighted by Crippen LogP contribution is 2.24. The first kappa shape index (κ1) is 15.1. The Morgan fingerprint density at radius 2 is 2.05 bits per heavy atom. The molecule has 0 aliphatic carbocycles. The van der Waals surface area contributed by atoms with Gasteiger partial charge in [-0.3, -0.25) is 14.9 Å². The van der Waals surface area contributed by atoms with Crippen LogP contribution >= 0.6 is 11.3 Å². The van der Waals surface area contributed by atoms with Gasteiger partial charge in [0, 0.05) is 11.4 Å². The number of thiophene rings is 1. The molecule has 1 heterocycles. The molecule has 104 valence electrons. The van der Waals surface area contributed by atoms with E-state index in [-0.39, 0.29) is 10.6 Å². The van der Waals surface area contributed by atoms with Gasteiger partial charge in [0.2, 0.25) is 0 Å². The lowest BCUT2D eigenvalue weighted by atomic mass is 9.86. The van der Waals surface area contributed by atoms with E-state index >= 15 is 0 Å². The van der Waals surface area contributed by atoms with Gasteiger partial charge < -0.3 is 10.4 Å². The molecule has 1 rings (SSSR count). The SMILES string of the molecule is CC(C)(C)C(NC(=O)c1csc([N+](=O)[O-])c1)C(=O)O. The number of hydrogen-bond acceptors (Lipinski definition) is 5. The van der Waals surface area contributed by atoms with E-state index in [4.69, 9.17) is 5.11 Å². The quantitative estimate of drug-likeness (QED) is 0.648. The van der Waals surface area contributed by atoms with Crippen LogP contribution in [0.1, 0.15) is 31.1 Å². The molecular formula is C11H14N2O5S. The minimum atomic E-state index is -1.15. The van der Waals surface area contributed by atoms with Gasteiger partial charge >= 0.3 is 11.0 Å².